The number of hydrogen-bond donors (Lipinski definition) is 1. The fraction of sp³-hybridized carbons (Fsp3) is 0.136. The summed E-state index contributed by atoms with van der Waals surface area (Å²) in [5.74, 6) is 1.40. The zero-order valence-electron chi connectivity index (χ0n) is 15.3. The molecule has 5 heteroatoms. The van der Waals surface area contributed by atoms with Crippen molar-refractivity contribution < 1.29 is 19.0 Å². The SMILES string of the molecule is COc1ccc(OC)c(NC(=O)c2ccccc2OCc2ccccc2)c1. The van der Waals surface area contributed by atoms with Crippen LogP contribution in [-0.2, 0) is 6.61 Å². The maximum atomic E-state index is 12.8. The van der Waals surface area contributed by atoms with Gasteiger partial charge in [0.2, 0.25) is 0 Å². The lowest BCUT2D eigenvalue weighted by atomic mass is 10.1. The molecule has 3 aromatic rings. The lowest BCUT2D eigenvalue weighted by molar-refractivity contribution is 0.102. The van der Waals surface area contributed by atoms with Crippen LogP contribution in [0.3, 0.4) is 0 Å². The quantitative estimate of drug-likeness (QED) is 0.670. The van der Waals surface area contributed by atoms with Crippen molar-refractivity contribution in [2.45, 2.75) is 6.61 Å². The van der Waals surface area contributed by atoms with Crippen LogP contribution in [0.1, 0.15) is 15.9 Å². The molecule has 27 heavy (non-hydrogen) atoms. The van der Waals surface area contributed by atoms with Crippen molar-refractivity contribution in [3.8, 4) is 17.2 Å². The van der Waals surface area contributed by atoms with Crippen LogP contribution in [0.15, 0.2) is 72.8 Å². The van der Waals surface area contributed by atoms with Gasteiger partial charge in [0.1, 0.15) is 23.9 Å². The minimum absolute atomic E-state index is 0.287. The highest BCUT2D eigenvalue weighted by Gasteiger charge is 2.15. The number of rotatable bonds is 7. The predicted octanol–water partition coefficient (Wildman–Crippen LogP) is 4.54. The zero-order chi connectivity index (χ0) is 19.1. The number of carbonyl (C=O) groups excluding carboxylic acids is 1. The maximum Gasteiger partial charge on any atom is 0.259 e. The summed E-state index contributed by atoms with van der Waals surface area (Å²) >= 11 is 0. The van der Waals surface area contributed by atoms with Gasteiger partial charge < -0.3 is 19.5 Å². The summed E-state index contributed by atoms with van der Waals surface area (Å²) in [5, 5.41) is 2.87. The third kappa shape index (κ3) is 4.58. The average Bonchev–Trinajstić information content (AvgIpc) is 2.73. The van der Waals surface area contributed by atoms with Gasteiger partial charge in [0.15, 0.2) is 0 Å². The van der Waals surface area contributed by atoms with Crippen molar-refractivity contribution in [1.29, 1.82) is 0 Å². The molecule has 0 spiro atoms. The number of para-hydroxylation sites is 1. The number of benzene rings is 3. The Balaban J connectivity index is 1.79. The molecular weight excluding hydrogens is 342 g/mol. The highest BCUT2D eigenvalue weighted by atomic mass is 16.5. The van der Waals surface area contributed by atoms with Crippen molar-refractivity contribution in [1.82, 2.24) is 0 Å². The van der Waals surface area contributed by atoms with E-state index in [1.165, 1.54) is 0 Å². The maximum absolute atomic E-state index is 12.8. The van der Waals surface area contributed by atoms with E-state index in [0.29, 0.717) is 35.1 Å². The van der Waals surface area contributed by atoms with Crippen molar-refractivity contribution in [2.75, 3.05) is 19.5 Å². The van der Waals surface area contributed by atoms with Gasteiger partial charge in [0.05, 0.1) is 25.5 Å². The molecule has 0 bridgehead atoms. The molecule has 0 radical (unpaired) electrons. The van der Waals surface area contributed by atoms with Gasteiger partial charge in [-0.05, 0) is 29.8 Å². The molecule has 0 unspecified atom stereocenters. The molecule has 1 N–H and O–H groups in total. The monoisotopic (exact) mass is 363 g/mol. The first-order chi connectivity index (χ1) is 13.2. The summed E-state index contributed by atoms with van der Waals surface area (Å²) in [7, 11) is 3.12. The second kappa shape index (κ2) is 8.76. The van der Waals surface area contributed by atoms with Crippen LogP contribution in [0, 0.1) is 0 Å². The molecule has 3 aromatic carbocycles. The fourth-order valence-electron chi connectivity index (χ4n) is 2.62. The number of methoxy groups -OCH3 is 2. The molecule has 0 aliphatic heterocycles. The average molecular weight is 363 g/mol. The molecule has 0 aromatic heterocycles. The summed E-state index contributed by atoms with van der Waals surface area (Å²) in [6.07, 6.45) is 0. The second-order valence-electron chi connectivity index (χ2n) is 5.79. The lowest BCUT2D eigenvalue weighted by Crippen LogP contribution is -2.14. The molecule has 3 rings (SSSR count). The molecule has 0 aliphatic rings. The number of hydrogen-bond acceptors (Lipinski definition) is 4. The summed E-state index contributed by atoms with van der Waals surface area (Å²) in [6, 6.07) is 22.2. The van der Waals surface area contributed by atoms with E-state index < -0.39 is 0 Å². The van der Waals surface area contributed by atoms with Crippen LogP contribution in [0.25, 0.3) is 0 Å². The Bertz CT molecular complexity index is 909. The topological polar surface area (TPSA) is 56.8 Å². The smallest absolute Gasteiger partial charge is 0.259 e. The van der Waals surface area contributed by atoms with Gasteiger partial charge in [-0.15, -0.1) is 0 Å². The van der Waals surface area contributed by atoms with E-state index in [4.69, 9.17) is 14.2 Å². The van der Waals surface area contributed by atoms with Crippen molar-refractivity contribution in [2.24, 2.45) is 0 Å². The summed E-state index contributed by atoms with van der Waals surface area (Å²) < 4.78 is 16.4. The Morgan fingerprint density at radius 3 is 2.33 bits per heavy atom. The first kappa shape index (κ1) is 18.3. The first-order valence-electron chi connectivity index (χ1n) is 8.50. The molecule has 0 saturated carbocycles. The van der Waals surface area contributed by atoms with Crippen LogP contribution in [0.4, 0.5) is 5.69 Å². The molecule has 0 saturated heterocycles. The number of anilines is 1. The molecule has 0 atom stereocenters. The van der Waals surface area contributed by atoms with Gasteiger partial charge in [-0.1, -0.05) is 42.5 Å². The van der Waals surface area contributed by atoms with E-state index in [-0.39, 0.29) is 5.91 Å². The summed E-state index contributed by atoms with van der Waals surface area (Å²) in [4.78, 5) is 12.8. The van der Waals surface area contributed by atoms with Gasteiger partial charge in [0, 0.05) is 6.07 Å². The zero-order valence-corrected chi connectivity index (χ0v) is 15.3. The van der Waals surface area contributed by atoms with Gasteiger partial charge >= 0.3 is 0 Å². The Morgan fingerprint density at radius 1 is 0.852 bits per heavy atom. The normalized spacial score (nSPS) is 10.1. The van der Waals surface area contributed by atoms with Crippen molar-refractivity contribution >= 4 is 11.6 Å². The third-order valence-electron chi connectivity index (χ3n) is 4.02. The summed E-state index contributed by atoms with van der Waals surface area (Å²) in [5.41, 5.74) is 2.00. The van der Waals surface area contributed by atoms with Gasteiger partial charge in [-0.3, -0.25) is 4.79 Å². The Morgan fingerprint density at radius 2 is 1.59 bits per heavy atom. The molecule has 138 valence electrons. The van der Waals surface area contributed by atoms with E-state index in [0.717, 1.165) is 5.56 Å². The Hall–Kier alpha value is -3.47. The van der Waals surface area contributed by atoms with Crippen molar-refractivity contribution in [3.05, 3.63) is 83.9 Å². The highest BCUT2D eigenvalue weighted by Crippen LogP contribution is 2.30. The standard InChI is InChI=1S/C22H21NO4/c1-25-17-12-13-21(26-2)19(14-17)23-22(24)18-10-6-7-11-20(18)27-15-16-8-4-3-5-9-16/h3-14H,15H2,1-2H3,(H,23,24). The number of amides is 1. The van der Waals surface area contributed by atoms with Crippen LogP contribution in [0.2, 0.25) is 0 Å². The Kier molecular flexibility index (Phi) is 5.94. The molecule has 1 amide bonds. The summed E-state index contributed by atoms with van der Waals surface area (Å²) in [6.45, 7) is 0.383. The van der Waals surface area contributed by atoms with Crippen LogP contribution >= 0.6 is 0 Å². The van der Waals surface area contributed by atoms with Crippen LogP contribution < -0.4 is 19.5 Å². The largest absolute Gasteiger partial charge is 0.497 e. The molecule has 0 heterocycles. The minimum atomic E-state index is -0.287. The lowest BCUT2D eigenvalue weighted by Gasteiger charge is -2.14. The van der Waals surface area contributed by atoms with E-state index in [2.05, 4.69) is 5.32 Å². The number of carbonyl (C=O) groups is 1. The first-order valence-corrected chi connectivity index (χ1v) is 8.50. The van der Waals surface area contributed by atoms with Crippen molar-refractivity contribution in [3.63, 3.8) is 0 Å². The Labute approximate surface area is 158 Å². The van der Waals surface area contributed by atoms with Crippen LogP contribution in [0.5, 0.6) is 17.2 Å². The van der Waals surface area contributed by atoms with Gasteiger partial charge in [-0.2, -0.15) is 0 Å². The fourth-order valence-corrected chi connectivity index (χ4v) is 2.62. The highest BCUT2D eigenvalue weighted by molar-refractivity contribution is 6.07. The second-order valence-corrected chi connectivity index (χ2v) is 5.79. The van der Waals surface area contributed by atoms with Crippen LogP contribution in [-0.4, -0.2) is 20.1 Å². The van der Waals surface area contributed by atoms with E-state index in [9.17, 15) is 4.79 Å². The van der Waals surface area contributed by atoms with E-state index in [1.54, 1.807) is 50.6 Å². The van der Waals surface area contributed by atoms with Gasteiger partial charge in [0.25, 0.3) is 5.91 Å². The third-order valence-corrected chi connectivity index (χ3v) is 4.02. The van der Waals surface area contributed by atoms with Gasteiger partial charge in [-0.25, -0.2) is 0 Å². The van der Waals surface area contributed by atoms with E-state index >= 15 is 0 Å². The molecule has 5 nitrogen and oxygen atoms in total. The molecular formula is C22H21NO4. The number of ether oxygens (including phenoxy) is 3. The minimum Gasteiger partial charge on any atom is -0.497 e. The number of nitrogens with one attached hydrogen (secondary N) is 1. The predicted molar refractivity (Wildman–Crippen MR) is 105 cm³/mol. The van der Waals surface area contributed by atoms with E-state index in [1.807, 2.05) is 36.4 Å². The molecule has 0 fully saturated rings. The molecule has 0 aliphatic carbocycles.